The molecule has 1 N–H and O–H groups in total. The van der Waals surface area contributed by atoms with E-state index in [9.17, 15) is 9.59 Å². The van der Waals surface area contributed by atoms with E-state index in [0.29, 0.717) is 28.2 Å². The first-order valence-corrected chi connectivity index (χ1v) is 9.49. The Morgan fingerprint density at radius 1 is 1.03 bits per heavy atom. The number of hydrogen-bond donors (Lipinski definition) is 1. The number of nitrogens with zero attached hydrogens (tertiary/aromatic N) is 3. The maximum atomic E-state index is 12.8. The van der Waals surface area contributed by atoms with Crippen LogP contribution in [0.15, 0.2) is 77.7 Å². The molecular weight excluding hydrogens is 380 g/mol. The van der Waals surface area contributed by atoms with Gasteiger partial charge in [-0.05, 0) is 43.3 Å². The molecule has 30 heavy (non-hydrogen) atoms. The Hall–Kier alpha value is -4.00. The summed E-state index contributed by atoms with van der Waals surface area (Å²) >= 11 is 0. The first-order chi connectivity index (χ1) is 14.6. The summed E-state index contributed by atoms with van der Waals surface area (Å²) in [7, 11) is 0. The van der Waals surface area contributed by atoms with Gasteiger partial charge < -0.3 is 10.1 Å². The number of carbonyl (C=O) groups is 1. The predicted octanol–water partition coefficient (Wildman–Crippen LogP) is 3.32. The SMILES string of the molecule is Cc1nc2ccccc2c(=O)n1CC(=O)Nc1ccccc1OCc1ccccn1. The molecule has 0 radical (unpaired) electrons. The predicted molar refractivity (Wildman–Crippen MR) is 114 cm³/mol. The first kappa shape index (κ1) is 19.3. The molecule has 2 heterocycles. The number of ether oxygens (including phenoxy) is 1. The van der Waals surface area contributed by atoms with E-state index in [-0.39, 0.29) is 24.6 Å². The van der Waals surface area contributed by atoms with E-state index in [1.165, 1.54) is 4.57 Å². The van der Waals surface area contributed by atoms with Crippen LogP contribution in [0.1, 0.15) is 11.5 Å². The van der Waals surface area contributed by atoms with E-state index in [2.05, 4.69) is 15.3 Å². The highest BCUT2D eigenvalue weighted by Crippen LogP contribution is 2.24. The number of rotatable bonds is 6. The van der Waals surface area contributed by atoms with Crippen LogP contribution in [0.25, 0.3) is 10.9 Å². The van der Waals surface area contributed by atoms with Crippen LogP contribution < -0.4 is 15.6 Å². The fourth-order valence-electron chi connectivity index (χ4n) is 3.13. The van der Waals surface area contributed by atoms with Gasteiger partial charge in [0.1, 0.15) is 24.7 Å². The van der Waals surface area contributed by atoms with Gasteiger partial charge in [0.25, 0.3) is 5.56 Å². The number of carbonyl (C=O) groups excluding carboxylic acids is 1. The van der Waals surface area contributed by atoms with Crippen LogP contribution >= 0.6 is 0 Å². The highest BCUT2D eigenvalue weighted by Gasteiger charge is 2.13. The molecule has 0 spiro atoms. The number of hydrogen-bond acceptors (Lipinski definition) is 5. The zero-order valence-electron chi connectivity index (χ0n) is 16.4. The van der Waals surface area contributed by atoms with Gasteiger partial charge in [-0.3, -0.25) is 19.1 Å². The lowest BCUT2D eigenvalue weighted by atomic mass is 10.2. The van der Waals surface area contributed by atoms with Crippen LogP contribution in [0.5, 0.6) is 5.75 Å². The zero-order valence-corrected chi connectivity index (χ0v) is 16.4. The monoisotopic (exact) mass is 400 g/mol. The number of pyridine rings is 1. The molecule has 0 unspecified atom stereocenters. The molecule has 2 aromatic carbocycles. The summed E-state index contributed by atoms with van der Waals surface area (Å²) in [5, 5.41) is 3.31. The number of aromatic nitrogens is 3. The molecule has 0 atom stereocenters. The summed E-state index contributed by atoms with van der Waals surface area (Å²) < 4.78 is 7.19. The Bertz CT molecular complexity index is 1250. The maximum absolute atomic E-state index is 12.8. The average Bonchev–Trinajstić information content (AvgIpc) is 2.77. The van der Waals surface area contributed by atoms with Crippen LogP contribution in [0.2, 0.25) is 0 Å². The molecule has 0 aliphatic heterocycles. The quantitative estimate of drug-likeness (QED) is 0.537. The van der Waals surface area contributed by atoms with Crippen molar-refractivity contribution in [1.29, 1.82) is 0 Å². The fraction of sp³-hybridized carbons (Fsp3) is 0.130. The minimum atomic E-state index is -0.342. The molecule has 4 rings (SSSR count). The molecule has 0 aliphatic carbocycles. The van der Waals surface area contributed by atoms with E-state index in [1.54, 1.807) is 49.5 Å². The van der Waals surface area contributed by atoms with Crippen molar-refractivity contribution >= 4 is 22.5 Å². The number of amides is 1. The van der Waals surface area contributed by atoms with Gasteiger partial charge in [0.15, 0.2) is 0 Å². The van der Waals surface area contributed by atoms with Crippen molar-refractivity contribution in [3.63, 3.8) is 0 Å². The lowest BCUT2D eigenvalue weighted by Crippen LogP contribution is -2.30. The molecule has 2 aromatic heterocycles. The van der Waals surface area contributed by atoms with Crippen molar-refractivity contribution in [2.75, 3.05) is 5.32 Å². The highest BCUT2D eigenvalue weighted by molar-refractivity contribution is 5.92. The van der Waals surface area contributed by atoms with Crippen LogP contribution in [-0.4, -0.2) is 20.4 Å². The van der Waals surface area contributed by atoms with Gasteiger partial charge in [-0.1, -0.05) is 30.3 Å². The van der Waals surface area contributed by atoms with E-state index in [0.717, 1.165) is 5.69 Å². The van der Waals surface area contributed by atoms with Gasteiger partial charge in [0.2, 0.25) is 5.91 Å². The van der Waals surface area contributed by atoms with E-state index in [1.807, 2.05) is 30.3 Å². The summed E-state index contributed by atoms with van der Waals surface area (Å²) in [6.45, 7) is 1.85. The molecular formula is C23H20N4O3. The first-order valence-electron chi connectivity index (χ1n) is 9.49. The molecule has 0 fully saturated rings. The van der Waals surface area contributed by atoms with Crippen LogP contribution in [0, 0.1) is 6.92 Å². The van der Waals surface area contributed by atoms with Crippen LogP contribution in [0.3, 0.4) is 0 Å². The Balaban J connectivity index is 1.51. The average molecular weight is 400 g/mol. The van der Waals surface area contributed by atoms with Crippen LogP contribution in [0.4, 0.5) is 5.69 Å². The van der Waals surface area contributed by atoms with Crippen molar-refractivity contribution in [3.8, 4) is 5.75 Å². The van der Waals surface area contributed by atoms with Gasteiger partial charge in [-0.25, -0.2) is 4.98 Å². The van der Waals surface area contributed by atoms with Crippen molar-refractivity contribution in [1.82, 2.24) is 14.5 Å². The minimum absolute atomic E-state index is 0.142. The number of fused-ring (bicyclic) bond motifs is 1. The Morgan fingerprint density at radius 2 is 1.80 bits per heavy atom. The normalized spacial score (nSPS) is 10.7. The summed E-state index contributed by atoms with van der Waals surface area (Å²) in [5.41, 5.74) is 1.68. The van der Waals surface area contributed by atoms with Gasteiger partial charge in [-0.2, -0.15) is 0 Å². The van der Waals surface area contributed by atoms with Gasteiger partial charge >= 0.3 is 0 Å². The summed E-state index contributed by atoms with van der Waals surface area (Å²) in [6.07, 6.45) is 1.70. The number of anilines is 1. The minimum Gasteiger partial charge on any atom is -0.485 e. The summed E-state index contributed by atoms with van der Waals surface area (Å²) in [6, 6.07) is 19.8. The number of benzene rings is 2. The standard InChI is InChI=1S/C23H20N4O3/c1-16-25-19-10-3-2-9-18(19)23(29)27(16)14-22(28)26-20-11-4-5-12-21(20)30-15-17-8-6-7-13-24-17/h2-13H,14-15H2,1H3,(H,26,28). The third-order valence-corrected chi connectivity index (χ3v) is 4.62. The Morgan fingerprint density at radius 3 is 2.63 bits per heavy atom. The third-order valence-electron chi connectivity index (χ3n) is 4.62. The molecule has 7 nitrogen and oxygen atoms in total. The number of nitrogens with one attached hydrogen (secondary N) is 1. The summed E-state index contributed by atoms with van der Waals surface area (Å²) in [5.74, 6) is 0.664. The third kappa shape index (κ3) is 4.20. The molecule has 0 bridgehead atoms. The van der Waals surface area contributed by atoms with Gasteiger partial charge in [0.05, 0.1) is 22.3 Å². The van der Waals surface area contributed by atoms with Gasteiger partial charge in [0, 0.05) is 6.20 Å². The molecule has 150 valence electrons. The topological polar surface area (TPSA) is 86.1 Å². The molecule has 0 aliphatic rings. The second-order valence-electron chi connectivity index (χ2n) is 6.72. The van der Waals surface area contributed by atoms with Crippen LogP contribution in [-0.2, 0) is 17.9 Å². The second-order valence-corrected chi connectivity index (χ2v) is 6.72. The van der Waals surface area contributed by atoms with Crippen molar-refractivity contribution in [2.24, 2.45) is 0 Å². The summed E-state index contributed by atoms with van der Waals surface area (Å²) in [4.78, 5) is 34.1. The number of para-hydroxylation sites is 3. The lowest BCUT2D eigenvalue weighted by molar-refractivity contribution is -0.116. The molecule has 4 aromatic rings. The molecule has 0 saturated carbocycles. The number of aryl methyl sites for hydroxylation is 1. The molecule has 1 amide bonds. The van der Waals surface area contributed by atoms with Gasteiger partial charge in [-0.15, -0.1) is 0 Å². The Labute approximate surface area is 173 Å². The zero-order chi connectivity index (χ0) is 20.9. The molecule has 7 heteroatoms. The smallest absolute Gasteiger partial charge is 0.261 e. The lowest BCUT2D eigenvalue weighted by Gasteiger charge is -2.14. The van der Waals surface area contributed by atoms with E-state index in [4.69, 9.17) is 4.74 Å². The van der Waals surface area contributed by atoms with Crippen molar-refractivity contribution < 1.29 is 9.53 Å². The maximum Gasteiger partial charge on any atom is 0.261 e. The second kappa shape index (κ2) is 8.57. The fourth-order valence-corrected chi connectivity index (χ4v) is 3.13. The Kier molecular flexibility index (Phi) is 5.52. The largest absolute Gasteiger partial charge is 0.485 e. The molecule has 0 saturated heterocycles. The van der Waals surface area contributed by atoms with Crippen molar-refractivity contribution in [2.45, 2.75) is 20.1 Å². The van der Waals surface area contributed by atoms with E-state index >= 15 is 0 Å². The van der Waals surface area contributed by atoms with E-state index < -0.39 is 0 Å². The highest BCUT2D eigenvalue weighted by atomic mass is 16.5. The van der Waals surface area contributed by atoms with Crippen molar-refractivity contribution in [3.05, 3.63) is 94.8 Å².